The number of hydrogen-bond donors (Lipinski definition) is 1. The molecule has 1 rings (SSSR count). The fraction of sp³-hybridized carbons (Fsp3) is 0.545. The van der Waals surface area contributed by atoms with E-state index in [-0.39, 0.29) is 19.5 Å². The van der Waals surface area contributed by atoms with Crippen molar-refractivity contribution in [2.24, 2.45) is 5.73 Å². The molecule has 1 aromatic heterocycles. The molecule has 0 saturated carbocycles. The van der Waals surface area contributed by atoms with E-state index in [1.54, 1.807) is 24.5 Å². The van der Waals surface area contributed by atoms with Gasteiger partial charge in [0.15, 0.2) is 0 Å². The summed E-state index contributed by atoms with van der Waals surface area (Å²) in [5.41, 5.74) is 6.02. The van der Waals surface area contributed by atoms with E-state index in [9.17, 15) is 13.2 Å². The molecule has 1 atom stereocenters. The first-order valence-electron chi connectivity index (χ1n) is 5.31. The van der Waals surface area contributed by atoms with E-state index >= 15 is 0 Å². The van der Waals surface area contributed by atoms with Crippen LogP contribution >= 0.6 is 0 Å². The van der Waals surface area contributed by atoms with Crippen LogP contribution in [0.4, 0.5) is 13.2 Å². The maximum absolute atomic E-state index is 12.8. The molecule has 0 radical (unpaired) electrons. The Morgan fingerprint density at radius 1 is 1.35 bits per heavy atom. The molecule has 17 heavy (non-hydrogen) atoms. The minimum Gasteiger partial charge on any atom is -0.330 e. The normalized spacial score (nSPS) is 14.0. The van der Waals surface area contributed by atoms with Gasteiger partial charge in [-0.2, -0.15) is 13.2 Å². The highest BCUT2D eigenvalue weighted by atomic mass is 19.4. The molecule has 0 aliphatic heterocycles. The molecule has 1 unspecified atom stereocenters. The summed E-state index contributed by atoms with van der Waals surface area (Å²) in [6.07, 6.45) is -1.21. The third kappa shape index (κ3) is 4.32. The van der Waals surface area contributed by atoms with Crippen molar-refractivity contribution in [2.45, 2.75) is 25.2 Å². The molecule has 0 aliphatic rings. The fourth-order valence-electron chi connectivity index (χ4n) is 1.68. The SMILES string of the molecule is CN(Cc1ccncc1)C(CCN)C(F)(F)F. The van der Waals surface area contributed by atoms with Gasteiger partial charge in [-0.1, -0.05) is 0 Å². The van der Waals surface area contributed by atoms with Gasteiger partial charge in [0.2, 0.25) is 0 Å². The van der Waals surface area contributed by atoms with Crippen LogP contribution in [-0.4, -0.2) is 35.7 Å². The van der Waals surface area contributed by atoms with Crippen molar-refractivity contribution in [3.63, 3.8) is 0 Å². The first kappa shape index (κ1) is 13.9. The van der Waals surface area contributed by atoms with E-state index in [4.69, 9.17) is 5.73 Å². The van der Waals surface area contributed by atoms with Crippen LogP contribution in [0.5, 0.6) is 0 Å². The summed E-state index contributed by atoms with van der Waals surface area (Å²) >= 11 is 0. The zero-order valence-corrected chi connectivity index (χ0v) is 9.61. The highest BCUT2D eigenvalue weighted by Crippen LogP contribution is 2.27. The van der Waals surface area contributed by atoms with Gasteiger partial charge in [0.25, 0.3) is 0 Å². The second kappa shape index (κ2) is 5.97. The second-order valence-corrected chi connectivity index (χ2v) is 3.91. The van der Waals surface area contributed by atoms with Crippen LogP contribution in [0.1, 0.15) is 12.0 Å². The van der Waals surface area contributed by atoms with Crippen molar-refractivity contribution in [3.8, 4) is 0 Å². The number of halogens is 3. The smallest absolute Gasteiger partial charge is 0.330 e. The van der Waals surface area contributed by atoms with Gasteiger partial charge in [0.1, 0.15) is 6.04 Å². The first-order valence-corrected chi connectivity index (χ1v) is 5.31. The average Bonchev–Trinajstić information content (AvgIpc) is 2.25. The molecule has 96 valence electrons. The molecule has 3 nitrogen and oxygen atoms in total. The lowest BCUT2D eigenvalue weighted by Crippen LogP contribution is -2.44. The predicted molar refractivity (Wildman–Crippen MR) is 59.2 cm³/mol. The van der Waals surface area contributed by atoms with Crippen molar-refractivity contribution < 1.29 is 13.2 Å². The number of nitrogens with zero attached hydrogens (tertiary/aromatic N) is 2. The molecule has 0 bridgehead atoms. The summed E-state index contributed by atoms with van der Waals surface area (Å²) in [5.74, 6) is 0. The molecule has 0 aliphatic carbocycles. The minimum atomic E-state index is -4.25. The molecule has 2 N–H and O–H groups in total. The van der Waals surface area contributed by atoms with E-state index in [0.717, 1.165) is 5.56 Å². The molecule has 0 fully saturated rings. The number of nitrogens with two attached hydrogens (primary N) is 1. The van der Waals surface area contributed by atoms with Crippen molar-refractivity contribution in [1.29, 1.82) is 0 Å². The summed E-state index contributed by atoms with van der Waals surface area (Å²) in [6.45, 7) is 0.248. The minimum absolute atomic E-state index is 0.0187. The summed E-state index contributed by atoms with van der Waals surface area (Å²) < 4.78 is 38.3. The van der Waals surface area contributed by atoms with Crippen molar-refractivity contribution in [1.82, 2.24) is 9.88 Å². The lowest BCUT2D eigenvalue weighted by molar-refractivity contribution is -0.182. The highest BCUT2D eigenvalue weighted by molar-refractivity contribution is 5.09. The lowest BCUT2D eigenvalue weighted by Gasteiger charge is -2.29. The van der Waals surface area contributed by atoms with Gasteiger partial charge in [0, 0.05) is 18.9 Å². The molecular weight excluding hydrogens is 231 g/mol. The Kier molecular flexibility index (Phi) is 4.89. The van der Waals surface area contributed by atoms with Crippen molar-refractivity contribution in [2.75, 3.05) is 13.6 Å². The maximum atomic E-state index is 12.8. The van der Waals surface area contributed by atoms with E-state index in [0.29, 0.717) is 0 Å². The second-order valence-electron chi connectivity index (χ2n) is 3.91. The number of pyridine rings is 1. The Labute approximate surface area is 98.4 Å². The Hall–Kier alpha value is -1.14. The molecular formula is C11H16F3N3. The Morgan fingerprint density at radius 2 is 1.94 bits per heavy atom. The number of alkyl halides is 3. The Morgan fingerprint density at radius 3 is 2.41 bits per heavy atom. The molecule has 1 aromatic rings. The zero-order valence-electron chi connectivity index (χ0n) is 9.61. The van der Waals surface area contributed by atoms with Crippen LogP contribution in [0.2, 0.25) is 0 Å². The van der Waals surface area contributed by atoms with E-state index in [1.807, 2.05) is 0 Å². The van der Waals surface area contributed by atoms with Gasteiger partial charge in [-0.25, -0.2) is 0 Å². The van der Waals surface area contributed by atoms with E-state index < -0.39 is 12.2 Å². The van der Waals surface area contributed by atoms with E-state index in [2.05, 4.69) is 4.98 Å². The van der Waals surface area contributed by atoms with Crippen LogP contribution in [0.3, 0.4) is 0 Å². The quantitative estimate of drug-likeness (QED) is 0.862. The largest absolute Gasteiger partial charge is 0.404 e. The van der Waals surface area contributed by atoms with Crippen molar-refractivity contribution in [3.05, 3.63) is 30.1 Å². The molecule has 0 spiro atoms. The Bertz CT molecular complexity index is 326. The van der Waals surface area contributed by atoms with Crippen LogP contribution in [0.25, 0.3) is 0 Å². The average molecular weight is 247 g/mol. The van der Waals surface area contributed by atoms with Gasteiger partial charge in [-0.3, -0.25) is 9.88 Å². The molecule has 6 heteroatoms. The van der Waals surface area contributed by atoms with Gasteiger partial charge < -0.3 is 5.73 Å². The third-order valence-electron chi connectivity index (χ3n) is 2.53. The van der Waals surface area contributed by atoms with Crippen LogP contribution in [0, 0.1) is 0 Å². The number of aromatic nitrogens is 1. The summed E-state index contributed by atoms with van der Waals surface area (Å²) in [6, 6.07) is 1.90. The lowest BCUT2D eigenvalue weighted by atomic mass is 10.1. The predicted octanol–water partition coefficient (Wildman–Crippen LogP) is 1.79. The fourth-order valence-corrected chi connectivity index (χ4v) is 1.68. The summed E-state index contributed by atoms with van der Waals surface area (Å²) in [4.78, 5) is 5.09. The maximum Gasteiger partial charge on any atom is 0.404 e. The number of rotatable bonds is 5. The Balaban J connectivity index is 2.69. The van der Waals surface area contributed by atoms with Crippen molar-refractivity contribution >= 4 is 0 Å². The summed E-state index contributed by atoms with van der Waals surface area (Å²) in [7, 11) is 1.45. The van der Waals surface area contributed by atoms with E-state index in [1.165, 1.54) is 11.9 Å². The van der Waals surface area contributed by atoms with Crippen LogP contribution in [-0.2, 0) is 6.54 Å². The molecule has 0 aromatic carbocycles. The van der Waals surface area contributed by atoms with Crippen LogP contribution < -0.4 is 5.73 Å². The number of hydrogen-bond acceptors (Lipinski definition) is 3. The standard InChI is InChI=1S/C11H16F3N3/c1-17(8-9-3-6-16-7-4-9)10(2-5-15)11(12,13)14/h3-4,6-7,10H,2,5,8,15H2,1H3. The first-order chi connectivity index (χ1) is 7.95. The van der Waals surface area contributed by atoms with Gasteiger partial charge in [0.05, 0.1) is 0 Å². The molecule has 0 amide bonds. The topological polar surface area (TPSA) is 42.2 Å². The summed E-state index contributed by atoms with van der Waals surface area (Å²) in [5, 5.41) is 0. The van der Waals surface area contributed by atoms with Gasteiger partial charge in [-0.05, 0) is 37.7 Å². The third-order valence-corrected chi connectivity index (χ3v) is 2.53. The van der Waals surface area contributed by atoms with Gasteiger partial charge in [-0.15, -0.1) is 0 Å². The zero-order chi connectivity index (χ0) is 12.9. The molecule has 0 saturated heterocycles. The highest BCUT2D eigenvalue weighted by Gasteiger charge is 2.41. The molecule has 1 heterocycles. The monoisotopic (exact) mass is 247 g/mol. The van der Waals surface area contributed by atoms with Gasteiger partial charge >= 0.3 is 6.18 Å². The van der Waals surface area contributed by atoms with Crippen LogP contribution in [0.15, 0.2) is 24.5 Å².